The van der Waals surface area contributed by atoms with Gasteiger partial charge < -0.3 is 10.5 Å². The van der Waals surface area contributed by atoms with E-state index in [-0.39, 0.29) is 0 Å². The molecule has 0 aliphatic heterocycles. The van der Waals surface area contributed by atoms with Crippen molar-refractivity contribution < 1.29 is 4.74 Å². The molecule has 20 heavy (non-hydrogen) atoms. The fourth-order valence-corrected chi connectivity index (χ4v) is 1.90. The Morgan fingerprint density at radius 1 is 1.10 bits per heavy atom. The number of ether oxygens (including phenoxy) is 1. The third kappa shape index (κ3) is 3.89. The van der Waals surface area contributed by atoms with Crippen LogP contribution in [0.4, 0.5) is 5.69 Å². The summed E-state index contributed by atoms with van der Waals surface area (Å²) in [5.41, 5.74) is 8.68. The van der Waals surface area contributed by atoms with Crippen LogP contribution in [0.1, 0.15) is 25.0 Å². The maximum absolute atomic E-state index is 5.92. The highest BCUT2D eigenvalue weighted by molar-refractivity contribution is 5.53. The monoisotopic (exact) mass is 267 g/mol. The predicted octanol–water partition coefficient (Wildman–Crippen LogP) is 5.04. The van der Waals surface area contributed by atoms with Crippen LogP contribution in [0.3, 0.4) is 0 Å². The molecule has 0 saturated carbocycles. The molecular weight excluding hydrogens is 246 g/mol. The van der Waals surface area contributed by atoms with Crippen LogP contribution >= 0.6 is 0 Å². The Kier molecular flexibility index (Phi) is 4.46. The van der Waals surface area contributed by atoms with E-state index in [1.807, 2.05) is 43.3 Å². The minimum atomic E-state index is 0.541. The number of benzene rings is 2. The van der Waals surface area contributed by atoms with E-state index in [0.717, 1.165) is 28.3 Å². The van der Waals surface area contributed by atoms with E-state index in [2.05, 4.69) is 32.1 Å². The van der Waals surface area contributed by atoms with Gasteiger partial charge in [-0.25, -0.2) is 0 Å². The Morgan fingerprint density at radius 2 is 1.90 bits per heavy atom. The van der Waals surface area contributed by atoms with Gasteiger partial charge in [0.05, 0.1) is 0 Å². The van der Waals surface area contributed by atoms with E-state index in [1.54, 1.807) is 0 Å². The van der Waals surface area contributed by atoms with Crippen LogP contribution in [0.2, 0.25) is 0 Å². The predicted molar refractivity (Wildman–Crippen MR) is 86.0 cm³/mol. The van der Waals surface area contributed by atoms with Crippen LogP contribution < -0.4 is 10.5 Å². The summed E-state index contributed by atoms with van der Waals surface area (Å²) in [4.78, 5) is 0. The molecule has 2 heteroatoms. The first-order chi connectivity index (χ1) is 9.54. The van der Waals surface area contributed by atoms with Gasteiger partial charge >= 0.3 is 0 Å². The number of rotatable bonds is 4. The van der Waals surface area contributed by atoms with Gasteiger partial charge in [-0.3, -0.25) is 0 Å². The van der Waals surface area contributed by atoms with E-state index < -0.39 is 0 Å². The molecule has 2 nitrogen and oxygen atoms in total. The molecular formula is C18H21NO. The van der Waals surface area contributed by atoms with Crippen molar-refractivity contribution in [3.8, 4) is 11.5 Å². The molecule has 0 aliphatic carbocycles. The molecule has 0 saturated heterocycles. The lowest BCUT2D eigenvalue weighted by Crippen LogP contribution is -1.91. The number of hydrogen-bond donors (Lipinski definition) is 1. The Balaban J connectivity index is 2.19. The minimum absolute atomic E-state index is 0.541. The van der Waals surface area contributed by atoms with Gasteiger partial charge in [-0.1, -0.05) is 38.1 Å². The molecule has 0 bridgehead atoms. The molecule has 2 rings (SSSR count). The van der Waals surface area contributed by atoms with Crippen molar-refractivity contribution in [2.45, 2.75) is 20.8 Å². The van der Waals surface area contributed by atoms with Gasteiger partial charge in [-0.05, 0) is 54.3 Å². The summed E-state index contributed by atoms with van der Waals surface area (Å²) >= 11 is 0. The highest BCUT2D eigenvalue weighted by Gasteiger charge is 2.02. The second-order valence-electron chi connectivity index (χ2n) is 5.30. The van der Waals surface area contributed by atoms with E-state index in [4.69, 9.17) is 10.5 Å². The number of allylic oxidation sites excluding steroid dienone is 1. The molecule has 0 aromatic heterocycles. The molecule has 0 heterocycles. The number of aryl methyl sites for hydroxylation is 1. The first kappa shape index (κ1) is 14.2. The minimum Gasteiger partial charge on any atom is -0.457 e. The van der Waals surface area contributed by atoms with Gasteiger partial charge in [0.1, 0.15) is 11.5 Å². The smallest absolute Gasteiger partial charge is 0.130 e. The molecule has 2 aromatic carbocycles. The maximum atomic E-state index is 5.92. The summed E-state index contributed by atoms with van der Waals surface area (Å²) in [6.45, 7) is 6.32. The second-order valence-corrected chi connectivity index (χ2v) is 5.30. The zero-order valence-electron chi connectivity index (χ0n) is 12.3. The largest absolute Gasteiger partial charge is 0.457 e. The van der Waals surface area contributed by atoms with Crippen molar-refractivity contribution in [2.75, 3.05) is 5.73 Å². The van der Waals surface area contributed by atoms with Crippen molar-refractivity contribution in [3.63, 3.8) is 0 Å². The summed E-state index contributed by atoms with van der Waals surface area (Å²) in [5, 5.41) is 0. The Bertz CT molecular complexity index is 615. The van der Waals surface area contributed by atoms with Crippen LogP contribution in [0.5, 0.6) is 11.5 Å². The SMILES string of the molecule is Cc1cc(N)ccc1Oc1cccc(C=CC(C)C)c1. The third-order valence-corrected chi connectivity index (χ3v) is 2.96. The molecule has 0 aliphatic rings. The zero-order chi connectivity index (χ0) is 14.5. The van der Waals surface area contributed by atoms with Gasteiger partial charge in [0.15, 0.2) is 0 Å². The molecule has 0 amide bonds. The number of hydrogen-bond acceptors (Lipinski definition) is 2. The molecule has 2 aromatic rings. The molecule has 0 unspecified atom stereocenters. The fraction of sp³-hybridized carbons (Fsp3) is 0.222. The van der Waals surface area contributed by atoms with Gasteiger partial charge in [0, 0.05) is 5.69 Å². The van der Waals surface area contributed by atoms with Crippen molar-refractivity contribution in [3.05, 3.63) is 59.7 Å². The first-order valence-corrected chi connectivity index (χ1v) is 6.87. The van der Waals surface area contributed by atoms with Crippen LogP contribution in [0.15, 0.2) is 48.5 Å². The van der Waals surface area contributed by atoms with Crippen molar-refractivity contribution in [2.24, 2.45) is 5.92 Å². The Morgan fingerprint density at radius 3 is 2.60 bits per heavy atom. The normalized spacial score (nSPS) is 11.2. The lowest BCUT2D eigenvalue weighted by atomic mass is 10.1. The number of nitrogen functional groups attached to an aromatic ring is 1. The van der Waals surface area contributed by atoms with Gasteiger partial charge in [0.2, 0.25) is 0 Å². The molecule has 0 atom stereocenters. The zero-order valence-corrected chi connectivity index (χ0v) is 12.3. The van der Waals surface area contributed by atoms with Gasteiger partial charge in [0.25, 0.3) is 0 Å². The Labute approximate surface area is 120 Å². The van der Waals surface area contributed by atoms with Crippen molar-refractivity contribution >= 4 is 11.8 Å². The topological polar surface area (TPSA) is 35.2 Å². The van der Waals surface area contributed by atoms with Crippen LogP contribution in [-0.4, -0.2) is 0 Å². The van der Waals surface area contributed by atoms with Crippen LogP contribution in [0, 0.1) is 12.8 Å². The highest BCUT2D eigenvalue weighted by Crippen LogP contribution is 2.27. The Hall–Kier alpha value is -2.22. The lowest BCUT2D eigenvalue weighted by molar-refractivity contribution is 0.479. The lowest BCUT2D eigenvalue weighted by Gasteiger charge is -2.09. The molecule has 104 valence electrons. The number of nitrogens with two attached hydrogens (primary N) is 1. The van der Waals surface area contributed by atoms with Crippen molar-refractivity contribution in [1.82, 2.24) is 0 Å². The maximum Gasteiger partial charge on any atom is 0.130 e. The first-order valence-electron chi connectivity index (χ1n) is 6.87. The van der Waals surface area contributed by atoms with Gasteiger partial charge in [-0.15, -0.1) is 0 Å². The van der Waals surface area contributed by atoms with Gasteiger partial charge in [-0.2, -0.15) is 0 Å². The van der Waals surface area contributed by atoms with Crippen LogP contribution in [0.25, 0.3) is 6.08 Å². The molecule has 2 N–H and O–H groups in total. The quantitative estimate of drug-likeness (QED) is 0.788. The average Bonchev–Trinajstić information content (AvgIpc) is 2.40. The second kappa shape index (κ2) is 6.29. The van der Waals surface area contributed by atoms with E-state index in [9.17, 15) is 0 Å². The summed E-state index contributed by atoms with van der Waals surface area (Å²) in [5.74, 6) is 2.21. The summed E-state index contributed by atoms with van der Waals surface area (Å²) in [7, 11) is 0. The van der Waals surface area contributed by atoms with E-state index in [0.29, 0.717) is 5.92 Å². The summed E-state index contributed by atoms with van der Waals surface area (Å²) in [6.07, 6.45) is 4.29. The molecule has 0 radical (unpaired) electrons. The average molecular weight is 267 g/mol. The number of anilines is 1. The highest BCUT2D eigenvalue weighted by atomic mass is 16.5. The molecule has 0 fully saturated rings. The van der Waals surface area contributed by atoms with E-state index in [1.165, 1.54) is 0 Å². The third-order valence-electron chi connectivity index (χ3n) is 2.96. The fourth-order valence-electron chi connectivity index (χ4n) is 1.90. The molecule has 0 spiro atoms. The summed E-state index contributed by atoms with van der Waals surface area (Å²) < 4.78 is 5.92. The van der Waals surface area contributed by atoms with Crippen molar-refractivity contribution in [1.29, 1.82) is 0 Å². The van der Waals surface area contributed by atoms with Crippen LogP contribution in [-0.2, 0) is 0 Å². The van der Waals surface area contributed by atoms with E-state index >= 15 is 0 Å². The standard InChI is InChI=1S/C18H21NO/c1-13(2)7-8-15-5-4-6-17(12-15)20-18-10-9-16(19)11-14(18)3/h4-13H,19H2,1-3H3. The summed E-state index contributed by atoms with van der Waals surface area (Å²) in [6, 6.07) is 13.7.